The van der Waals surface area contributed by atoms with Gasteiger partial charge >= 0.3 is 0 Å². The number of halogens is 1. The van der Waals surface area contributed by atoms with Crippen LogP contribution in [0, 0.1) is 5.92 Å². The van der Waals surface area contributed by atoms with Gasteiger partial charge in [-0.1, -0.05) is 18.5 Å². The monoisotopic (exact) mass is 336 g/mol. The van der Waals surface area contributed by atoms with Gasteiger partial charge in [0.2, 0.25) is 0 Å². The van der Waals surface area contributed by atoms with Crippen LogP contribution in [0.25, 0.3) is 0 Å². The SMILES string of the molecule is COc1ccc(C(=O)Nc2nc3c(s2)C[C@@H](C)CC3)cc1Cl. The van der Waals surface area contributed by atoms with Gasteiger partial charge in [0.25, 0.3) is 5.91 Å². The molecule has 2 aromatic rings. The average molecular weight is 337 g/mol. The first-order valence-corrected chi connectivity index (χ1v) is 8.39. The molecule has 1 atom stereocenters. The van der Waals surface area contributed by atoms with Gasteiger partial charge < -0.3 is 4.74 Å². The Labute approximate surface area is 138 Å². The third-order valence-corrected chi connectivity index (χ3v) is 5.15. The number of aromatic nitrogens is 1. The molecular formula is C16H17ClN2O2S. The van der Waals surface area contributed by atoms with E-state index in [4.69, 9.17) is 16.3 Å². The Balaban J connectivity index is 1.76. The Bertz CT molecular complexity index is 714. The van der Waals surface area contributed by atoms with E-state index in [9.17, 15) is 4.79 Å². The number of hydrogen-bond acceptors (Lipinski definition) is 4. The number of fused-ring (bicyclic) bond motifs is 1. The molecule has 4 nitrogen and oxygen atoms in total. The molecule has 22 heavy (non-hydrogen) atoms. The van der Waals surface area contributed by atoms with Gasteiger partial charge in [-0.15, -0.1) is 11.3 Å². The summed E-state index contributed by atoms with van der Waals surface area (Å²) in [6.45, 7) is 2.25. The maximum absolute atomic E-state index is 12.3. The quantitative estimate of drug-likeness (QED) is 0.914. The normalized spacial score (nSPS) is 17.0. The fourth-order valence-electron chi connectivity index (χ4n) is 2.57. The fourth-order valence-corrected chi connectivity index (χ4v) is 3.99. The van der Waals surface area contributed by atoms with Gasteiger partial charge in [-0.05, 0) is 43.4 Å². The maximum atomic E-state index is 12.3. The molecule has 0 radical (unpaired) electrons. The van der Waals surface area contributed by atoms with Gasteiger partial charge in [-0.2, -0.15) is 0 Å². The molecule has 1 N–H and O–H groups in total. The Morgan fingerprint density at radius 2 is 2.32 bits per heavy atom. The first kappa shape index (κ1) is 15.3. The van der Waals surface area contributed by atoms with E-state index in [-0.39, 0.29) is 5.91 Å². The van der Waals surface area contributed by atoms with E-state index in [0.717, 1.165) is 25.0 Å². The predicted octanol–water partition coefficient (Wildman–Crippen LogP) is 4.18. The fraction of sp³-hybridized carbons (Fsp3) is 0.375. The van der Waals surface area contributed by atoms with Gasteiger partial charge in [0.1, 0.15) is 5.75 Å². The molecule has 0 spiro atoms. The van der Waals surface area contributed by atoms with Crippen molar-refractivity contribution in [1.29, 1.82) is 0 Å². The minimum atomic E-state index is -0.205. The molecule has 0 saturated carbocycles. The molecule has 116 valence electrons. The number of benzene rings is 1. The number of aryl methyl sites for hydroxylation is 1. The van der Waals surface area contributed by atoms with E-state index in [2.05, 4.69) is 17.2 Å². The molecule has 0 aliphatic heterocycles. The van der Waals surface area contributed by atoms with E-state index >= 15 is 0 Å². The van der Waals surface area contributed by atoms with Gasteiger partial charge in [-0.25, -0.2) is 4.98 Å². The Morgan fingerprint density at radius 1 is 1.50 bits per heavy atom. The molecule has 0 saturated heterocycles. The molecule has 1 heterocycles. The van der Waals surface area contributed by atoms with E-state index in [0.29, 0.717) is 27.4 Å². The number of methoxy groups -OCH3 is 1. The standard InChI is InChI=1S/C16H17ClN2O2S/c1-9-3-5-12-14(7-9)22-16(18-12)19-15(20)10-4-6-13(21-2)11(17)8-10/h4,6,8-9H,3,5,7H2,1-2H3,(H,18,19,20)/t9-/m0/s1. The Kier molecular flexibility index (Phi) is 4.36. The van der Waals surface area contributed by atoms with Crippen LogP contribution in [0.4, 0.5) is 5.13 Å². The number of thiazole rings is 1. The third kappa shape index (κ3) is 3.10. The second-order valence-electron chi connectivity index (χ2n) is 5.54. The van der Waals surface area contributed by atoms with Crippen LogP contribution in [0.2, 0.25) is 5.02 Å². The van der Waals surface area contributed by atoms with Gasteiger partial charge in [0.15, 0.2) is 5.13 Å². The maximum Gasteiger partial charge on any atom is 0.257 e. The molecule has 1 aromatic heterocycles. The van der Waals surface area contributed by atoms with Crippen molar-refractivity contribution in [1.82, 2.24) is 4.98 Å². The molecule has 1 aliphatic rings. The summed E-state index contributed by atoms with van der Waals surface area (Å²) in [4.78, 5) is 18.1. The number of carbonyl (C=O) groups is 1. The molecule has 1 aliphatic carbocycles. The van der Waals surface area contributed by atoms with Gasteiger partial charge in [-0.3, -0.25) is 10.1 Å². The zero-order valence-corrected chi connectivity index (χ0v) is 14.1. The van der Waals surface area contributed by atoms with Crippen LogP contribution < -0.4 is 10.1 Å². The Hall–Kier alpha value is -1.59. The average Bonchev–Trinajstić information content (AvgIpc) is 2.88. The summed E-state index contributed by atoms with van der Waals surface area (Å²) in [6, 6.07) is 4.98. The van der Waals surface area contributed by atoms with Crippen molar-refractivity contribution in [3.63, 3.8) is 0 Å². The highest BCUT2D eigenvalue weighted by atomic mass is 35.5. The number of amides is 1. The van der Waals surface area contributed by atoms with Crippen molar-refractivity contribution in [3.8, 4) is 5.75 Å². The number of carbonyl (C=O) groups excluding carboxylic acids is 1. The summed E-state index contributed by atoms with van der Waals surface area (Å²) in [5.41, 5.74) is 1.62. The van der Waals surface area contributed by atoms with Crippen LogP contribution in [0.1, 0.15) is 34.3 Å². The van der Waals surface area contributed by atoms with Crippen LogP contribution >= 0.6 is 22.9 Å². The molecule has 0 bridgehead atoms. The first-order valence-electron chi connectivity index (χ1n) is 7.20. The third-order valence-electron chi connectivity index (χ3n) is 3.82. The molecule has 3 rings (SSSR count). The van der Waals surface area contributed by atoms with Crippen LogP contribution in [-0.4, -0.2) is 18.0 Å². The van der Waals surface area contributed by atoms with Crippen LogP contribution in [0.5, 0.6) is 5.75 Å². The number of nitrogens with zero attached hydrogens (tertiary/aromatic N) is 1. The number of anilines is 1. The van der Waals surface area contributed by atoms with Crippen LogP contribution in [-0.2, 0) is 12.8 Å². The van der Waals surface area contributed by atoms with Gasteiger partial charge in [0.05, 0.1) is 17.8 Å². The minimum absolute atomic E-state index is 0.205. The second kappa shape index (κ2) is 6.26. The zero-order chi connectivity index (χ0) is 15.7. The summed E-state index contributed by atoms with van der Waals surface area (Å²) in [6.07, 6.45) is 3.21. The first-order chi connectivity index (χ1) is 10.6. The van der Waals surface area contributed by atoms with Gasteiger partial charge in [0, 0.05) is 10.4 Å². The number of rotatable bonds is 3. The Morgan fingerprint density at radius 3 is 3.05 bits per heavy atom. The van der Waals surface area contributed by atoms with Crippen molar-refractivity contribution in [3.05, 3.63) is 39.4 Å². The number of nitrogens with one attached hydrogen (secondary N) is 1. The van der Waals surface area contributed by atoms with Crippen molar-refractivity contribution in [2.24, 2.45) is 5.92 Å². The topological polar surface area (TPSA) is 51.2 Å². The zero-order valence-electron chi connectivity index (χ0n) is 12.5. The van der Waals surface area contributed by atoms with Crippen molar-refractivity contribution in [2.75, 3.05) is 12.4 Å². The van der Waals surface area contributed by atoms with E-state index in [1.165, 1.54) is 4.88 Å². The predicted molar refractivity (Wildman–Crippen MR) is 89.3 cm³/mol. The smallest absolute Gasteiger partial charge is 0.257 e. The van der Waals surface area contributed by atoms with Crippen molar-refractivity contribution in [2.45, 2.75) is 26.2 Å². The van der Waals surface area contributed by atoms with Crippen molar-refractivity contribution < 1.29 is 9.53 Å². The van der Waals surface area contributed by atoms with E-state index in [1.54, 1.807) is 36.6 Å². The molecule has 0 unspecified atom stereocenters. The molecular weight excluding hydrogens is 320 g/mol. The number of ether oxygens (including phenoxy) is 1. The van der Waals surface area contributed by atoms with Crippen LogP contribution in [0.3, 0.4) is 0 Å². The summed E-state index contributed by atoms with van der Waals surface area (Å²) in [5, 5.41) is 3.95. The number of hydrogen-bond donors (Lipinski definition) is 1. The highest BCUT2D eigenvalue weighted by Crippen LogP contribution is 2.32. The van der Waals surface area contributed by atoms with Crippen molar-refractivity contribution >= 4 is 34.0 Å². The largest absolute Gasteiger partial charge is 0.495 e. The van der Waals surface area contributed by atoms with Crippen LogP contribution in [0.15, 0.2) is 18.2 Å². The van der Waals surface area contributed by atoms with E-state index < -0.39 is 0 Å². The minimum Gasteiger partial charge on any atom is -0.495 e. The lowest BCUT2D eigenvalue weighted by Crippen LogP contribution is -2.12. The van der Waals surface area contributed by atoms with E-state index in [1.807, 2.05) is 0 Å². The lowest BCUT2D eigenvalue weighted by atomic mass is 9.93. The summed E-state index contributed by atoms with van der Waals surface area (Å²) in [7, 11) is 1.54. The molecule has 1 amide bonds. The lowest BCUT2D eigenvalue weighted by Gasteiger charge is -2.15. The summed E-state index contributed by atoms with van der Waals surface area (Å²) in [5.74, 6) is 1.04. The summed E-state index contributed by atoms with van der Waals surface area (Å²) < 4.78 is 5.09. The second-order valence-corrected chi connectivity index (χ2v) is 7.03. The summed E-state index contributed by atoms with van der Waals surface area (Å²) >= 11 is 7.63. The molecule has 6 heteroatoms. The lowest BCUT2D eigenvalue weighted by molar-refractivity contribution is 0.102. The highest BCUT2D eigenvalue weighted by molar-refractivity contribution is 7.15. The highest BCUT2D eigenvalue weighted by Gasteiger charge is 2.20. The molecule has 1 aromatic carbocycles. The molecule has 0 fully saturated rings.